The summed E-state index contributed by atoms with van der Waals surface area (Å²) in [6.45, 7) is 4.06. The molecule has 0 saturated carbocycles. The Morgan fingerprint density at radius 2 is 0.897 bits per heavy atom. The van der Waals surface area contributed by atoms with Crippen LogP contribution in [0.3, 0.4) is 0 Å². The van der Waals surface area contributed by atoms with Crippen LogP contribution in [0.25, 0.3) is 44.1 Å². The van der Waals surface area contributed by atoms with Gasteiger partial charge in [-0.25, -0.2) is 0 Å². The maximum atomic E-state index is 5.94. The zero-order valence-corrected chi connectivity index (χ0v) is 22.4. The van der Waals surface area contributed by atoms with Crippen LogP contribution in [0.1, 0.15) is 19.3 Å². The van der Waals surface area contributed by atoms with Gasteiger partial charge in [-0.05, 0) is 97.5 Å². The van der Waals surface area contributed by atoms with Gasteiger partial charge in [0.1, 0.15) is 11.5 Å². The first kappa shape index (κ1) is 26.8. The first-order valence-corrected chi connectivity index (χ1v) is 13.8. The van der Waals surface area contributed by atoms with E-state index in [2.05, 4.69) is 65.2 Å². The van der Waals surface area contributed by atoms with Crippen LogP contribution >= 0.6 is 0 Å². The molecule has 0 aliphatic rings. The third kappa shape index (κ3) is 6.09. The number of hydrogen-bond acceptors (Lipinski definition) is 5. The minimum absolute atomic E-state index is 0.634. The molecular formula is C33H38N4O2. The summed E-state index contributed by atoms with van der Waals surface area (Å²) in [5, 5.41) is 2.51. The molecule has 5 aromatic rings. The summed E-state index contributed by atoms with van der Waals surface area (Å²) in [6.07, 6.45) is 2.61. The third-order valence-electron chi connectivity index (χ3n) is 7.06. The summed E-state index contributed by atoms with van der Waals surface area (Å²) in [6, 6.07) is 30.1. The molecule has 6 nitrogen and oxygen atoms in total. The minimum Gasteiger partial charge on any atom is -0.494 e. The lowest BCUT2D eigenvalue weighted by Crippen LogP contribution is -2.06. The summed E-state index contributed by atoms with van der Waals surface area (Å²) in [7, 11) is 0. The average Bonchev–Trinajstić information content (AvgIpc) is 3.29. The van der Waals surface area contributed by atoms with Crippen LogP contribution in [0.4, 0.5) is 0 Å². The number of nitrogens with two attached hydrogens (primary N) is 3. The van der Waals surface area contributed by atoms with Gasteiger partial charge >= 0.3 is 0 Å². The van der Waals surface area contributed by atoms with Crippen LogP contribution in [-0.4, -0.2) is 37.4 Å². The lowest BCUT2D eigenvalue weighted by Gasteiger charge is -2.10. The number of aromatic nitrogens is 1. The molecular weight excluding hydrogens is 484 g/mol. The van der Waals surface area contributed by atoms with Crippen molar-refractivity contribution in [3.05, 3.63) is 84.9 Å². The maximum Gasteiger partial charge on any atom is 0.119 e. The summed E-state index contributed by atoms with van der Waals surface area (Å²) >= 11 is 0. The Bertz CT molecular complexity index is 1400. The molecule has 6 heteroatoms. The second-order valence-electron chi connectivity index (χ2n) is 9.79. The molecule has 6 N–H and O–H groups in total. The lowest BCUT2D eigenvalue weighted by atomic mass is 10.0. The van der Waals surface area contributed by atoms with Crippen molar-refractivity contribution in [2.75, 3.05) is 32.8 Å². The summed E-state index contributed by atoms with van der Waals surface area (Å²) in [4.78, 5) is 0. The normalized spacial score (nSPS) is 11.4. The van der Waals surface area contributed by atoms with Gasteiger partial charge in [-0.15, -0.1) is 0 Å². The highest BCUT2D eigenvalue weighted by Gasteiger charge is 2.13. The van der Waals surface area contributed by atoms with Gasteiger partial charge in [0.2, 0.25) is 0 Å². The molecule has 5 rings (SSSR count). The molecule has 0 spiro atoms. The largest absolute Gasteiger partial charge is 0.494 e. The highest BCUT2D eigenvalue weighted by Crippen LogP contribution is 2.35. The molecule has 0 atom stereocenters. The molecule has 0 unspecified atom stereocenters. The van der Waals surface area contributed by atoms with Gasteiger partial charge in [0, 0.05) is 28.4 Å². The molecule has 202 valence electrons. The number of hydrogen-bond donors (Lipinski definition) is 3. The molecule has 0 radical (unpaired) electrons. The van der Waals surface area contributed by atoms with Crippen molar-refractivity contribution in [2.24, 2.45) is 17.2 Å². The van der Waals surface area contributed by atoms with Crippen molar-refractivity contribution in [3.8, 4) is 33.8 Å². The van der Waals surface area contributed by atoms with Gasteiger partial charge in [-0.3, -0.25) is 0 Å². The van der Waals surface area contributed by atoms with Gasteiger partial charge in [0.25, 0.3) is 0 Å². The second kappa shape index (κ2) is 12.8. The van der Waals surface area contributed by atoms with Crippen LogP contribution in [0.5, 0.6) is 11.5 Å². The number of aryl methyl sites for hydroxylation is 1. The molecule has 0 bridgehead atoms. The number of ether oxygens (including phenoxy) is 2. The Balaban J connectivity index is 1.48. The number of benzene rings is 4. The van der Waals surface area contributed by atoms with E-state index in [1.54, 1.807) is 0 Å². The Morgan fingerprint density at radius 1 is 0.487 bits per heavy atom. The molecule has 4 aromatic carbocycles. The lowest BCUT2D eigenvalue weighted by molar-refractivity contribution is 0.313. The second-order valence-corrected chi connectivity index (χ2v) is 9.79. The molecule has 1 heterocycles. The molecule has 0 aliphatic heterocycles. The topological polar surface area (TPSA) is 101 Å². The Kier molecular flexibility index (Phi) is 8.78. The van der Waals surface area contributed by atoms with Crippen molar-refractivity contribution < 1.29 is 9.47 Å². The van der Waals surface area contributed by atoms with Gasteiger partial charge in [0.15, 0.2) is 0 Å². The molecule has 39 heavy (non-hydrogen) atoms. The third-order valence-corrected chi connectivity index (χ3v) is 7.06. The van der Waals surface area contributed by atoms with Crippen molar-refractivity contribution in [3.63, 3.8) is 0 Å². The minimum atomic E-state index is 0.634. The fourth-order valence-corrected chi connectivity index (χ4v) is 4.98. The zero-order chi connectivity index (χ0) is 27.0. The SMILES string of the molecule is NCCCOc1ccc(-c2ccc3c4ccc(-c5ccc(OCCCN)cc5)cc4n(CCCN)c3c2)cc1. The quantitative estimate of drug-likeness (QED) is 0.166. The van der Waals surface area contributed by atoms with E-state index >= 15 is 0 Å². The number of fused-ring (bicyclic) bond motifs is 3. The Hall–Kier alpha value is -3.84. The van der Waals surface area contributed by atoms with E-state index in [4.69, 9.17) is 26.7 Å². The monoisotopic (exact) mass is 522 g/mol. The van der Waals surface area contributed by atoms with E-state index in [0.29, 0.717) is 32.8 Å². The predicted molar refractivity (Wildman–Crippen MR) is 162 cm³/mol. The standard InChI is InChI=1S/C33H38N4O2/c34-16-1-19-37-32-22-26(24-4-10-28(11-5-24)38-20-2-17-35)8-14-30(32)31-15-9-27(23-33(31)37)25-6-12-29(13-7-25)39-21-3-18-36/h4-15,22-23H,1-3,16-21,34-36H2. The highest BCUT2D eigenvalue weighted by molar-refractivity contribution is 6.10. The molecule has 0 amide bonds. The Morgan fingerprint density at radius 3 is 1.31 bits per heavy atom. The van der Waals surface area contributed by atoms with Crippen molar-refractivity contribution in [2.45, 2.75) is 25.8 Å². The average molecular weight is 523 g/mol. The van der Waals surface area contributed by atoms with E-state index in [1.807, 2.05) is 24.3 Å². The van der Waals surface area contributed by atoms with E-state index in [-0.39, 0.29) is 0 Å². The highest BCUT2D eigenvalue weighted by atomic mass is 16.5. The van der Waals surface area contributed by atoms with Gasteiger partial charge in [0.05, 0.1) is 13.2 Å². The number of rotatable bonds is 13. The predicted octanol–water partition coefficient (Wildman–Crippen LogP) is 5.93. The number of nitrogens with zero attached hydrogens (tertiary/aromatic N) is 1. The van der Waals surface area contributed by atoms with Crippen molar-refractivity contribution in [1.29, 1.82) is 0 Å². The van der Waals surface area contributed by atoms with E-state index in [9.17, 15) is 0 Å². The molecule has 0 fully saturated rings. The first-order chi connectivity index (χ1) is 19.2. The van der Waals surface area contributed by atoms with Crippen LogP contribution < -0.4 is 26.7 Å². The zero-order valence-electron chi connectivity index (χ0n) is 22.4. The van der Waals surface area contributed by atoms with Crippen LogP contribution in [0.15, 0.2) is 84.9 Å². The van der Waals surface area contributed by atoms with Crippen LogP contribution in [0, 0.1) is 0 Å². The summed E-state index contributed by atoms with van der Waals surface area (Å²) in [5.41, 5.74) is 24.2. The summed E-state index contributed by atoms with van der Waals surface area (Å²) < 4.78 is 14.0. The van der Waals surface area contributed by atoms with Crippen molar-refractivity contribution in [1.82, 2.24) is 4.57 Å². The Labute approximate surface area is 230 Å². The fraction of sp³-hybridized carbons (Fsp3) is 0.273. The van der Waals surface area contributed by atoms with Crippen LogP contribution in [0.2, 0.25) is 0 Å². The fourth-order valence-electron chi connectivity index (χ4n) is 4.98. The van der Waals surface area contributed by atoms with E-state index in [1.165, 1.54) is 32.9 Å². The van der Waals surface area contributed by atoms with Crippen LogP contribution in [-0.2, 0) is 6.54 Å². The maximum absolute atomic E-state index is 5.94. The molecule has 0 aliphatic carbocycles. The van der Waals surface area contributed by atoms with E-state index < -0.39 is 0 Å². The molecule has 0 saturated heterocycles. The smallest absolute Gasteiger partial charge is 0.119 e. The van der Waals surface area contributed by atoms with Crippen molar-refractivity contribution >= 4 is 21.8 Å². The van der Waals surface area contributed by atoms with Gasteiger partial charge in [-0.2, -0.15) is 0 Å². The molecule has 1 aromatic heterocycles. The summed E-state index contributed by atoms with van der Waals surface area (Å²) in [5.74, 6) is 1.74. The van der Waals surface area contributed by atoms with Gasteiger partial charge < -0.3 is 31.2 Å². The van der Waals surface area contributed by atoms with Gasteiger partial charge in [-0.1, -0.05) is 48.5 Å². The first-order valence-electron chi connectivity index (χ1n) is 13.8. The van der Waals surface area contributed by atoms with E-state index in [0.717, 1.165) is 48.4 Å².